The molecule has 0 spiro atoms. The highest BCUT2D eigenvalue weighted by Gasteiger charge is 2.40. The number of nitrogens with two attached hydrogens (primary N) is 1. The molecule has 0 aromatic heterocycles. The predicted molar refractivity (Wildman–Crippen MR) is 74.2 cm³/mol. The monoisotopic (exact) mass is 325 g/mol. The third-order valence-corrected chi connectivity index (χ3v) is 2.56. The molecule has 0 heterocycles. The average Bonchev–Trinajstić information content (AvgIpc) is 2.39. The van der Waals surface area contributed by atoms with Crippen LogP contribution >= 0.6 is 12.2 Å². The minimum Gasteiger partial charge on any atom is -0.491 e. The fourth-order valence-electron chi connectivity index (χ4n) is 1.39. The largest absolute Gasteiger partial charge is 0.491 e. The van der Waals surface area contributed by atoms with Crippen LogP contribution in [0.3, 0.4) is 0 Å². The first-order valence-electron chi connectivity index (χ1n) is 6.05. The van der Waals surface area contributed by atoms with E-state index >= 15 is 0 Å². The van der Waals surface area contributed by atoms with Crippen LogP contribution in [-0.4, -0.2) is 37.2 Å². The smallest absolute Gasteiger partial charge is 0.330 e. The number of alkyl halides is 4. The third kappa shape index (κ3) is 6.72. The van der Waals surface area contributed by atoms with Crippen molar-refractivity contribution < 1.29 is 27.0 Å². The van der Waals surface area contributed by atoms with Gasteiger partial charge in [0.2, 0.25) is 0 Å². The molecule has 0 aliphatic carbocycles. The first-order valence-corrected chi connectivity index (χ1v) is 6.46. The van der Waals surface area contributed by atoms with E-state index in [0.29, 0.717) is 17.2 Å². The lowest BCUT2D eigenvalue weighted by atomic mass is 10.1. The molecule has 0 bridgehead atoms. The van der Waals surface area contributed by atoms with E-state index in [2.05, 4.69) is 4.74 Å². The molecule has 0 saturated heterocycles. The summed E-state index contributed by atoms with van der Waals surface area (Å²) in [6.07, 6.45) is -3.26. The molecule has 0 amide bonds. The Labute approximate surface area is 125 Å². The summed E-state index contributed by atoms with van der Waals surface area (Å²) in [7, 11) is 0. The predicted octanol–water partition coefficient (Wildman–Crippen LogP) is 2.81. The molecule has 1 aromatic rings. The molecular weight excluding hydrogens is 310 g/mol. The first kappa shape index (κ1) is 17.6. The van der Waals surface area contributed by atoms with Crippen LogP contribution in [0.2, 0.25) is 0 Å². The summed E-state index contributed by atoms with van der Waals surface area (Å²) in [6, 6.07) is 6.86. The number of benzene rings is 1. The summed E-state index contributed by atoms with van der Waals surface area (Å²) >= 11 is 4.77. The Kier molecular flexibility index (Phi) is 6.83. The first-order chi connectivity index (χ1) is 9.81. The summed E-state index contributed by atoms with van der Waals surface area (Å²) in [6.45, 7) is -1.56. The lowest BCUT2D eigenvalue weighted by Gasteiger charge is -2.15. The van der Waals surface area contributed by atoms with Crippen LogP contribution in [-0.2, 0) is 11.2 Å². The molecule has 0 aliphatic heterocycles. The standard InChI is InChI=1S/C13H15F4NO2S/c14-12(15)13(16,17)8-19-5-6-20-10-3-1-9(2-4-10)7-11(18)21/h1-4,12H,5-8H2,(H2,18,21). The van der Waals surface area contributed by atoms with Gasteiger partial charge in [-0.2, -0.15) is 8.78 Å². The van der Waals surface area contributed by atoms with E-state index in [1.54, 1.807) is 24.3 Å². The Bertz CT molecular complexity index is 454. The van der Waals surface area contributed by atoms with E-state index in [1.165, 1.54) is 0 Å². The fourth-order valence-corrected chi connectivity index (χ4v) is 1.56. The Morgan fingerprint density at radius 3 is 2.33 bits per heavy atom. The van der Waals surface area contributed by atoms with E-state index in [1.807, 2.05) is 0 Å². The topological polar surface area (TPSA) is 44.5 Å². The number of thiocarbonyl (C=S) groups is 1. The van der Waals surface area contributed by atoms with Crippen LogP contribution in [0.15, 0.2) is 24.3 Å². The van der Waals surface area contributed by atoms with Crippen LogP contribution in [0.5, 0.6) is 5.75 Å². The van der Waals surface area contributed by atoms with Gasteiger partial charge in [0.15, 0.2) is 0 Å². The second-order valence-corrected chi connectivity index (χ2v) is 4.77. The van der Waals surface area contributed by atoms with Gasteiger partial charge in [-0.15, -0.1) is 0 Å². The van der Waals surface area contributed by atoms with Gasteiger partial charge >= 0.3 is 12.3 Å². The van der Waals surface area contributed by atoms with Gasteiger partial charge in [0, 0.05) is 6.42 Å². The maximum atomic E-state index is 12.5. The van der Waals surface area contributed by atoms with Crippen molar-refractivity contribution in [3.63, 3.8) is 0 Å². The van der Waals surface area contributed by atoms with Gasteiger partial charge in [-0.3, -0.25) is 0 Å². The highest BCUT2D eigenvalue weighted by Crippen LogP contribution is 2.22. The number of hydrogen-bond donors (Lipinski definition) is 1. The van der Waals surface area contributed by atoms with Gasteiger partial charge in [-0.25, -0.2) is 8.78 Å². The molecule has 0 aliphatic rings. The van der Waals surface area contributed by atoms with Gasteiger partial charge < -0.3 is 15.2 Å². The number of rotatable bonds is 9. The third-order valence-electron chi connectivity index (χ3n) is 2.41. The Balaban J connectivity index is 2.25. The zero-order chi connectivity index (χ0) is 15.9. The minimum atomic E-state index is -4.14. The van der Waals surface area contributed by atoms with Gasteiger partial charge in [-0.05, 0) is 17.7 Å². The zero-order valence-corrected chi connectivity index (χ0v) is 11.8. The lowest BCUT2D eigenvalue weighted by Crippen LogP contribution is -2.33. The summed E-state index contributed by atoms with van der Waals surface area (Å²) in [5.74, 6) is -3.63. The summed E-state index contributed by atoms with van der Waals surface area (Å²) < 4.78 is 58.4. The molecule has 0 radical (unpaired) electrons. The van der Waals surface area contributed by atoms with E-state index in [0.717, 1.165) is 5.56 Å². The molecule has 0 atom stereocenters. The average molecular weight is 325 g/mol. The summed E-state index contributed by atoms with van der Waals surface area (Å²) in [5, 5.41) is 0. The molecule has 2 N–H and O–H groups in total. The number of halogens is 4. The van der Waals surface area contributed by atoms with Crippen molar-refractivity contribution in [2.75, 3.05) is 19.8 Å². The molecule has 0 fully saturated rings. The molecule has 118 valence electrons. The maximum absolute atomic E-state index is 12.5. The lowest BCUT2D eigenvalue weighted by molar-refractivity contribution is -0.166. The van der Waals surface area contributed by atoms with Crippen LogP contribution < -0.4 is 10.5 Å². The number of hydrogen-bond acceptors (Lipinski definition) is 3. The highest BCUT2D eigenvalue weighted by molar-refractivity contribution is 7.80. The molecule has 3 nitrogen and oxygen atoms in total. The van der Waals surface area contributed by atoms with Crippen molar-refractivity contribution in [1.82, 2.24) is 0 Å². The van der Waals surface area contributed by atoms with E-state index < -0.39 is 19.0 Å². The minimum absolute atomic E-state index is 0.0199. The van der Waals surface area contributed by atoms with Crippen LogP contribution in [0.4, 0.5) is 17.6 Å². The van der Waals surface area contributed by atoms with Crippen molar-refractivity contribution >= 4 is 17.2 Å². The van der Waals surface area contributed by atoms with Gasteiger partial charge in [0.25, 0.3) is 0 Å². The molecular formula is C13H15F4NO2S. The molecule has 0 saturated carbocycles. The summed E-state index contributed by atoms with van der Waals surface area (Å²) in [4.78, 5) is 0.372. The Morgan fingerprint density at radius 1 is 1.19 bits per heavy atom. The van der Waals surface area contributed by atoms with Crippen LogP contribution in [0.25, 0.3) is 0 Å². The second kappa shape index (κ2) is 8.14. The quantitative estimate of drug-likeness (QED) is 0.431. The fraction of sp³-hybridized carbons (Fsp3) is 0.462. The van der Waals surface area contributed by atoms with Gasteiger partial charge in [-0.1, -0.05) is 24.4 Å². The van der Waals surface area contributed by atoms with Crippen molar-refractivity contribution in [2.45, 2.75) is 18.8 Å². The van der Waals surface area contributed by atoms with E-state index in [9.17, 15) is 17.6 Å². The molecule has 0 unspecified atom stereocenters. The Hall–Kier alpha value is -1.41. The van der Waals surface area contributed by atoms with Gasteiger partial charge in [0.05, 0.1) is 11.6 Å². The van der Waals surface area contributed by atoms with Crippen molar-refractivity contribution in [3.8, 4) is 5.75 Å². The van der Waals surface area contributed by atoms with Crippen molar-refractivity contribution in [3.05, 3.63) is 29.8 Å². The van der Waals surface area contributed by atoms with Crippen molar-refractivity contribution in [2.24, 2.45) is 5.73 Å². The van der Waals surface area contributed by atoms with Crippen LogP contribution in [0.1, 0.15) is 5.56 Å². The second-order valence-electron chi connectivity index (χ2n) is 4.25. The van der Waals surface area contributed by atoms with E-state index in [-0.39, 0.29) is 13.2 Å². The zero-order valence-electron chi connectivity index (χ0n) is 11.0. The van der Waals surface area contributed by atoms with E-state index in [4.69, 9.17) is 22.7 Å². The molecule has 21 heavy (non-hydrogen) atoms. The normalized spacial score (nSPS) is 11.7. The molecule has 1 aromatic carbocycles. The highest BCUT2D eigenvalue weighted by atomic mass is 32.1. The van der Waals surface area contributed by atoms with Crippen molar-refractivity contribution in [1.29, 1.82) is 0 Å². The van der Waals surface area contributed by atoms with Gasteiger partial charge in [0.1, 0.15) is 19.0 Å². The van der Waals surface area contributed by atoms with Crippen LogP contribution in [0, 0.1) is 0 Å². The maximum Gasteiger partial charge on any atom is 0.330 e. The molecule has 1 rings (SSSR count). The molecule has 8 heteroatoms. The number of ether oxygens (including phenoxy) is 2. The Morgan fingerprint density at radius 2 is 1.81 bits per heavy atom. The SMILES string of the molecule is NC(=S)Cc1ccc(OCCOCC(F)(F)C(F)F)cc1. The summed E-state index contributed by atoms with van der Waals surface area (Å²) in [5.41, 5.74) is 6.32.